The fourth-order valence-electron chi connectivity index (χ4n) is 1.60. The number of esters is 1. The van der Waals surface area contributed by atoms with Gasteiger partial charge in [0.1, 0.15) is 11.8 Å². The Morgan fingerprint density at radius 2 is 2.15 bits per heavy atom. The van der Waals surface area contributed by atoms with Gasteiger partial charge in [0.25, 0.3) is 0 Å². The van der Waals surface area contributed by atoms with Gasteiger partial charge in [-0.05, 0) is 30.2 Å². The molecule has 0 heterocycles. The molecule has 0 spiro atoms. The molecule has 20 heavy (non-hydrogen) atoms. The topological polar surface area (TPSA) is 59.3 Å². The first-order chi connectivity index (χ1) is 9.51. The highest BCUT2D eigenvalue weighted by atomic mass is 79.9. The third kappa shape index (κ3) is 4.46. The van der Waals surface area contributed by atoms with Crippen molar-refractivity contribution in [3.8, 4) is 11.8 Å². The molecule has 0 atom stereocenters. The van der Waals surface area contributed by atoms with E-state index in [1.807, 2.05) is 0 Å². The van der Waals surface area contributed by atoms with Crippen LogP contribution in [0.1, 0.15) is 23.6 Å². The number of nitrogens with zero attached hydrogens (tertiary/aromatic N) is 1. The lowest BCUT2D eigenvalue weighted by Gasteiger charge is -2.12. The van der Waals surface area contributed by atoms with Gasteiger partial charge in [-0.1, -0.05) is 15.9 Å². The SMILES string of the molecule is CCOC(=O)Cc1cc(C#N)c(OC(F)F)cc1CBr. The van der Waals surface area contributed by atoms with Crippen LogP contribution in [0.5, 0.6) is 5.75 Å². The van der Waals surface area contributed by atoms with Crippen LogP contribution in [0, 0.1) is 11.3 Å². The van der Waals surface area contributed by atoms with E-state index in [1.54, 1.807) is 13.0 Å². The smallest absolute Gasteiger partial charge is 0.387 e. The highest BCUT2D eigenvalue weighted by Gasteiger charge is 2.16. The van der Waals surface area contributed by atoms with Crippen LogP contribution in [0.15, 0.2) is 12.1 Å². The lowest BCUT2D eigenvalue weighted by atomic mass is 10.0. The van der Waals surface area contributed by atoms with E-state index < -0.39 is 12.6 Å². The highest BCUT2D eigenvalue weighted by molar-refractivity contribution is 9.08. The summed E-state index contributed by atoms with van der Waals surface area (Å²) >= 11 is 3.21. The summed E-state index contributed by atoms with van der Waals surface area (Å²) in [5.74, 6) is -0.648. The quantitative estimate of drug-likeness (QED) is 0.585. The van der Waals surface area contributed by atoms with Gasteiger partial charge in [-0.3, -0.25) is 4.79 Å². The second-order valence-electron chi connectivity index (χ2n) is 3.72. The Labute approximate surface area is 123 Å². The third-order valence-corrected chi connectivity index (χ3v) is 3.03. The Balaban J connectivity index is 3.12. The van der Waals surface area contributed by atoms with Crippen molar-refractivity contribution >= 4 is 21.9 Å². The maximum Gasteiger partial charge on any atom is 0.387 e. The molecule has 0 radical (unpaired) electrons. The molecule has 0 saturated carbocycles. The number of nitriles is 1. The molecule has 0 N–H and O–H groups in total. The van der Waals surface area contributed by atoms with Crippen molar-refractivity contribution in [2.45, 2.75) is 25.3 Å². The number of hydrogen-bond acceptors (Lipinski definition) is 4. The van der Waals surface area contributed by atoms with E-state index in [2.05, 4.69) is 20.7 Å². The Kier molecular flexibility index (Phi) is 6.39. The van der Waals surface area contributed by atoms with Gasteiger partial charge in [-0.25, -0.2) is 0 Å². The monoisotopic (exact) mass is 347 g/mol. The van der Waals surface area contributed by atoms with Gasteiger partial charge in [0.05, 0.1) is 18.6 Å². The molecule has 0 unspecified atom stereocenters. The number of carbonyl (C=O) groups excluding carboxylic acids is 1. The Morgan fingerprint density at radius 1 is 1.45 bits per heavy atom. The molecule has 1 rings (SSSR count). The number of hydrogen-bond donors (Lipinski definition) is 0. The second kappa shape index (κ2) is 7.80. The van der Waals surface area contributed by atoms with Crippen molar-refractivity contribution in [1.82, 2.24) is 0 Å². The average Bonchev–Trinajstić information content (AvgIpc) is 2.39. The van der Waals surface area contributed by atoms with Gasteiger partial charge < -0.3 is 9.47 Å². The molecule has 0 aliphatic heterocycles. The molecule has 108 valence electrons. The molecule has 0 fully saturated rings. The van der Waals surface area contributed by atoms with Gasteiger partial charge in [-0.2, -0.15) is 14.0 Å². The number of rotatable bonds is 6. The summed E-state index contributed by atoms with van der Waals surface area (Å²) in [5.41, 5.74) is 1.08. The maximum absolute atomic E-state index is 12.3. The van der Waals surface area contributed by atoms with Crippen LogP contribution in [0.2, 0.25) is 0 Å². The first-order valence-electron chi connectivity index (χ1n) is 5.74. The predicted octanol–water partition coefficient (Wildman–Crippen LogP) is 3.16. The summed E-state index contributed by atoms with van der Waals surface area (Å²) in [7, 11) is 0. The first kappa shape index (κ1) is 16.4. The van der Waals surface area contributed by atoms with Crippen molar-refractivity contribution in [2.75, 3.05) is 6.61 Å². The molecule has 0 aliphatic carbocycles. The van der Waals surface area contributed by atoms with Gasteiger partial charge in [-0.15, -0.1) is 0 Å². The Morgan fingerprint density at radius 3 is 2.65 bits per heavy atom. The first-order valence-corrected chi connectivity index (χ1v) is 6.86. The van der Waals surface area contributed by atoms with Crippen LogP contribution in [0.4, 0.5) is 8.78 Å². The summed E-state index contributed by atoms with van der Waals surface area (Å²) in [6.45, 7) is -1.08. The largest absolute Gasteiger partial charge is 0.466 e. The highest BCUT2D eigenvalue weighted by Crippen LogP contribution is 2.27. The number of alkyl halides is 3. The van der Waals surface area contributed by atoms with E-state index in [0.29, 0.717) is 16.5 Å². The summed E-state index contributed by atoms with van der Waals surface area (Å²) in [6, 6.07) is 4.47. The number of ether oxygens (including phenoxy) is 2. The molecule has 1 aromatic rings. The Hall–Kier alpha value is -1.68. The van der Waals surface area contributed by atoms with Crippen molar-refractivity contribution in [3.05, 3.63) is 28.8 Å². The molecule has 4 nitrogen and oxygen atoms in total. The van der Waals surface area contributed by atoms with E-state index in [4.69, 9.17) is 10.00 Å². The molecule has 1 aromatic carbocycles. The van der Waals surface area contributed by atoms with Crippen molar-refractivity contribution < 1.29 is 23.0 Å². The van der Waals surface area contributed by atoms with Crippen LogP contribution in [-0.2, 0) is 21.3 Å². The third-order valence-electron chi connectivity index (χ3n) is 2.42. The lowest BCUT2D eigenvalue weighted by molar-refractivity contribution is -0.142. The maximum atomic E-state index is 12.3. The average molecular weight is 348 g/mol. The molecule has 0 aromatic heterocycles. The predicted molar refractivity (Wildman–Crippen MR) is 70.8 cm³/mol. The minimum absolute atomic E-state index is 0.0294. The summed E-state index contributed by atoms with van der Waals surface area (Å²) in [6.07, 6.45) is -0.0294. The zero-order chi connectivity index (χ0) is 15.1. The zero-order valence-electron chi connectivity index (χ0n) is 10.7. The molecular weight excluding hydrogens is 336 g/mol. The van der Waals surface area contributed by atoms with E-state index >= 15 is 0 Å². The standard InChI is InChI=1S/C13H12BrF2NO3/c1-2-19-12(18)5-8-3-10(7-17)11(20-13(15)16)4-9(8)6-14/h3-4,13H,2,5-6H2,1H3. The molecule has 0 amide bonds. The minimum atomic E-state index is -3.01. The van der Waals surface area contributed by atoms with Crippen molar-refractivity contribution in [2.24, 2.45) is 0 Å². The molecule has 0 aliphatic rings. The number of carbonyl (C=O) groups is 1. The van der Waals surface area contributed by atoms with E-state index in [0.717, 1.165) is 0 Å². The normalized spacial score (nSPS) is 10.2. The van der Waals surface area contributed by atoms with Gasteiger partial charge in [0.15, 0.2) is 0 Å². The molecular formula is C13H12BrF2NO3. The fourth-order valence-corrected chi connectivity index (χ4v) is 2.13. The van der Waals surface area contributed by atoms with Crippen LogP contribution >= 0.6 is 15.9 Å². The fraction of sp³-hybridized carbons (Fsp3) is 0.385. The molecule has 0 saturated heterocycles. The van der Waals surface area contributed by atoms with Gasteiger partial charge >= 0.3 is 12.6 Å². The molecule has 7 heteroatoms. The van der Waals surface area contributed by atoms with E-state index in [1.165, 1.54) is 12.1 Å². The van der Waals surface area contributed by atoms with Crippen molar-refractivity contribution in [3.63, 3.8) is 0 Å². The summed E-state index contributed by atoms with van der Waals surface area (Å²) in [4.78, 5) is 11.5. The van der Waals surface area contributed by atoms with Crippen LogP contribution in [0.3, 0.4) is 0 Å². The molecule has 0 bridgehead atoms. The lowest BCUT2D eigenvalue weighted by Crippen LogP contribution is -2.10. The number of halogens is 3. The summed E-state index contributed by atoms with van der Waals surface area (Å²) < 4.78 is 33.7. The number of benzene rings is 1. The summed E-state index contributed by atoms with van der Waals surface area (Å²) in [5, 5.41) is 9.29. The van der Waals surface area contributed by atoms with E-state index in [9.17, 15) is 13.6 Å². The second-order valence-corrected chi connectivity index (χ2v) is 4.28. The minimum Gasteiger partial charge on any atom is -0.466 e. The van der Waals surface area contributed by atoms with Crippen LogP contribution < -0.4 is 4.74 Å². The van der Waals surface area contributed by atoms with Crippen LogP contribution in [-0.4, -0.2) is 19.2 Å². The van der Waals surface area contributed by atoms with Crippen molar-refractivity contribution in [1.29, 1.82) is 5.26 Å². The van der Waals surface area contributed by atoms with Gasteiger partial charge in [0.2, 0.25) is 0 Å². The Bertz CT molecular complexity index is 529. The van der Waals surface area contributed by atoms with Gasteiger partial charge in [0, 0.05) is 5.33 Å². The van der Waals surface area contributed by atoms with Crippen LogP contribution in [0.25, 0.3) is 0 Å². The zero-order valence-corrected chi connectivity index (χ0v) is 12.2. The van der Waals surface area contributed by atoms with E-state index in [-0.39, 0.29) is 24.3 Å².